The Kier molecular flexibility index (Phi) is 6.47. The molecule has 4 amide bonds. The van der Waals surface area contributed by atoms with E-state index in [9.17, 15) is 19.2 Å². The molecule has 2 aromatic heterocycles. The SMILES string of the molecule is O=C(CCCC(=O)NC(=O)c1cccnc1)NC(=O)c1cccnc1. The molecule has 0 unspecified atom stereocenters. The van der Waals surface area contributed by atoms with Crippen molar-refractivity contribution >= 4 is 23.6 Å². The van der Waals surface area contributed by atoms with Crippen LogP contribution in [0, 0.1) is 0 Å². The second kappa shape index (κ2) is 9.02. The molecule has 0 aromatic carbocycles. The second-order valence-corrected chi connectivity index (χ2v) is 5.09. The van der Waals surface area contributed by atoms with Crippen LogP contribution in [0.4, 0.5) is 0 Å². The fourth-order valence-electron chi connectivity index (χ4n) is 1.93. The molecule has 8 heteroatoms. The molecule has 128 valence electrons. The van der Waals surface area contributed by atoms with Crippen molar-refractivity contribution in [2.45, 2.75) is 19.3 Å². The summed E-state index contributed by atoms with van der Waals surface area (Å²) in [4.78, 5) is 54.5. The standard InChI is InChI=1S/C17H16N4O4/c22-14(20-16(24)12-4-2-8-18-10-12)6-1-7-15(23)21-17(25)13-5-3-9-19-11-13/h2-5,8-11H,1,6-7H2,(H,20,22,24)(H,21,23,25). The van der Waals surface area contributed by atoms with E-state index in [1.54, 1.807) is 12.1 Å². The molecule has 0 bridgehead atoms. The zero-order valence-electron chi connectivity index (χ0n) is 13.3. The van der Waals surface area contributed by atoms with Crippen molar-refractivity contribution in [2.24, 2.45) is 0 Å². The van der Waals surface area contributed by atoms with Crippen molar-refractivity contribution in [1.82, 2.24) is 20.6 Å². The molecule has 2 heterocycles. The molecule has 0 spiro atoms. The van der Waals surface area contributed by atoms with E-state index in [0.29, 0.717) is 0 Å². The Labute approximate surface area is 143 Å². The van der Waals surface area contributed by atoms with Gasteiger partial charge in [0.1, 0.15) is 0 Å². The van der Waals surface area contributed by atoms with Gasteiger partial charge in [0.05, 0.1) is 11.1 Å². The Hall–Kier alpha value is -3.42. The van der Waals surface area contributed by atoms with Crippen LogP contribution in [0.1, 0.15) is 40.0 Å². The van der Waals surface area contributed by atoms with Crippen LogP contribution < -0.4 is 10.6 Å². The van der Waals surface area contributed by atoms with E-state index in [1.165, 1.54) is 36.9 Å². The molecule has 25 heavy (non-hydrogen) atoms. The highest BCUT2D eigenvalue weighted by Crippen LogP contribution is 2.00. The van der Waals surface area contributed by atoms with Crippen molar-refractivity contribution in [1.29, 1.82) is 0 Å². The summed E-state index contributed by atoms with van der Waals surface area (Å²) in [6.45, 7) is 0. The first-order valence-electron chi connectivity index (χ1n) is 7.54. The van der Waals surface area contributed by atoms with Gasteiger partial charge in [-0.25, -0.2) is 0 Å². The Morgan fingerprint density at radius 3 is 1.56 bits per heavy atom. The highest BCUT2D eigenvalue weighted by atomic mass is 16.2. The molecular formula is C17H16N4O4. The molecule has 0 saturated heterocycles. The Morgan fingerprint density at radius 1 is 0.760 bits per heavy atom. The number of rotatable bonds is 6. The minimum atomic E-state index is -0.547. The smallest absolute Gasteiger partial charge is 0.259 e. The molecule has 0 saturated carbocycles. The maximum Gasteiger partial charge on any atom is 0.259 e. The summed E-state index contributed by atoms with van der Waals surface area (Å²) in [5, 5.41) is 4.42. The summed E-state index contributed by atoms with van der Waals surface area (Å²) < 4.78 is 0. The van der Waals surface area contributed by atoms with Crippen LogP contribution in [0.25, 0.3) is 0 Å². The fourth-order valence-corrected chi connectivity index (χ4v) is 1.93. The number of pyridine rings is 2. The Morgan fingerprint density at radius 2 is 1.20 bits per heavy atom. The minimum absolute atomic E-state index is 0.0134. The number of hydrogen-bond acceptors (Lipinski definition) is 6. The lowest BCUT2D eigenvalue weighted by Gasteiger charge is -2.05. The summed E-state index contributed by atoms with van der Waals surface area (Å²) in [5.41, 5.74) is 0.548. The summed E-state index contributed by atoms with van der Waals surface area (Å²) in [6, 6.07) is 6.24. The predicted octanol–water partition coefficient (Wildman–Crippen LogP) is 0.860. The molecule has 0 aliphatic heterocycles. The number of nitrogens with zero attached hydrogens (tertiary/aromatic N) is 2. The number of imide groups is 2. The monoisotopic (exact) mass is 340 g/mol. The molecule has 2 N–H and O–H groups in total. The van der Waals surface area contributed by atoms with Gasteiger partial charge in [-0.2, -0.15) is 0 Å². The number of carbonyl (C=O) groups is 4. The molecule has 0 aliphatic rings. The van der Waals surface area contributed by atoms with Gasteiger partial charge in [0.15, 0.2) is 0 Å². The van der Waals surface area contributed by atoms with Crippen LogP contribution in [-0.2, 0) is 9.59 Å². The average molecular weight is 340 g/mol. The molecular weight excluding hydrogens is 324 g/mol. The van der Waals surface area contributed by atoms with Gasteiger partial charge in [0.25, 0.3) is 11.8 Å². The van der Waals surface area contributed by atoms with Gasteiger partial charge in [0, 0.05) is 37.6 Å². The molecule has 0 aliphatic carbocycles. The zero-order chi connectivity index (χ0) is 18.1. The van der Waals surface area contributed by atoms with E-state index in [0.717, 1.165) is 0 Å². The van der Waals surface area contributed by atoms with Crippen LogP contribution in [0.3, 0.4) is 0 Å². The van der Waals surface area contributed by atoms with E-state index in [2.05, 4.69) is 20.6 Å². The molecule has 2 rings (SSSR count). The van der Waals surface area contributed by atoms with Gasteiger partial charge in [0.2, 0.25) is 11.8 Å². The number of nitrogens with one attached hydrogen (secondary N) is 2. The van der Waals surface area contributed by atoms with Gasteiger partial charge < -0.3 is 0 Å². The zero-order valence-corrected chi connectivity index (χ0v) is 13.3. The number of hydrogen-bond donors (Lipinski definition) is 2. The van der Waals surface area contributed by atoms with E-state index in [-0.39, 0.29) is 30.4 Å². The van der Waals surface area contributed by atoms with Gasteiger partial charge in [-0.1, -0.05) is 0 Å². The second-order valence-electron chi connectivity index (χ2n) is 5.09. The molecule has 0 radical (unpaired) electrons. The van der Waals surface area contributed by atoms with Crippen molar-refractivity contribution in [3.63, 3.8) is 0 Å². The van der Waals surface area contributed by atoms with Crippen molar-refractivity contribution in [2.75, 3.05) is 0 Å². The Bertz CT molecular complexity index is 697. The van der Waals surface area contributed by atoms with Crippen LogP contribution >= 0.6 is 0 Å². The average Bonchev–Trinajstić information content (AvgIpc) is 2.63. The lowest BCUT2D eigenvalue weighted by Crippen LogP contribution is -2.32. The fraction of sp³-hybridized carbons (Fsp3) is 0.176. The number of carbonyl (C=O) groups excluding carboxylic acids is 4. The van der Waals surface area contributed by atoms with E-state index in [1.807, 2.05) is 0 Å². The highest BCUT2D eigenvalue weighted by molar-refractivity contribution is 6.05. The third-order valence-corrected chi connectivity index (χ3v) is 3.16. The topological polar surface area (TPSA) is 118 Å². The maximum absolute atomic E-state index is 11.8. The molecule has 0 atom stereocenters. The van der Waals surface area contributed by atoms with Gasteiger partial charge >= 0.3 is 0 Å². The number of aromatic nitrogens is 2. The van der Waals surface area contributed by atoms with Gasteiger partial charge in [-0.3, -0.25) is 39.8 Å². The lowest BCUT2D eigenvalue weighted by molar-refractivity contribution is -0.121. The maximum atomic E-state index is 11.8. The van der Waals surface area contributed by atoms with E-state index < -0.39 is 23.6 Å². The summed E-state index contributed by atoms with van der Waals surface area (Å²) >= 11 is 0. The van der Waals surface area contributed by atoms with Crippen LogP contribution in [0.2, 0.25) is 0 Å². The Balaban J connectivity index is 1.69. The van der Waals surface area contributed by atoms with Crippen molar-refractivity contribution in [3.05, 3.63) is 60.2 Å². The lowest BCUT2D eigenvalue weighted by atomic mass is 10.2. The first-order chi connectivity index (χ1) is 12.1. The number of amides is 4. The quantitative estimate of drug-likeness (QED) is 0.805. The molecule has 2 aromatic rings. The van der Waals surface area contributed by atoms with Crippen LogP contribution in [0.15, 0.2) is 49.1 Å². The summed E-state index contributed by atoms with van der Waals surface area (Å²) in [6.07, 6.45) is 5.91. The van der Waals surface area contributed by atoms with Crippen LogP contribution in [-0.4, -0.2) is 33.6 Å². The van der Waals surface area contributed by atoms with Crippen molar-refractivity contribution < 1.29 is 19.2 Å². The molecule has 0 fully saturated rings. The summed E-state index contributed by atoms with van der Waals surface area (Å²) in [7, 11) is 0. The van der Waals surface area contributed by atoms with E-state index >= 15 is 0 Å². The van der Waals surface area contributed by atoms with Gasteiger partial charge in [-0.15, -0.1) is 0 Å². The van der Waals surface area contributed by atoms with Gasteiger partial charge in [-0.05, 0) is 30.7 Å². The van der Waals surface area contributed by atoms with E-state index in [4.69, 9.17) is 0 Å². The third kappa shape index (κ3) is 5.94. The van der Waals surface area contributed by atoms with Crippen LogP contribution in [0.5, 0.6) is 0 Å². The van der Waals surface area contributed by atoms with Crippen molar-refractivity contribution in [3.8, 4) is 0 Å². The highest BCUT2D eigenvalue weighted by Gasteiger charge is 2.13. The first-order valence-corrected chi connectivity index (χ1v) is 7.54. The predicted molar refractivity (Wildman–Crippen MR) is 87.3 cm³/mol. The first kappa shape index (κ1) is 17.9. The largest absolute Gasteiger partial charge is 0.292 e. The summed E-state index contributed by atoms with van der Waals surface area (Å²) in [5.74, 6) is -2.09. The normalized spacial score (nSPS) is 9.92. The molecule has 8 nitrogen and oxygen atoms in total. The minimum Gasteiger partial charge on any atom is -0.292 e. The third-order valence-electron chi connectivity index (χ3n) is 3.16.